The molecule has 5 aliphatic rings. The number of allylic oxidation sites excluding steroid dienone is 1. The summed E-state index contributed by atoms with van der Waals surface area (Å²) in [6, 6.07) is 0. The Morgan fingerprint density at radius 1 is 0.938 bits per heavy atom. The summed E-state index contributed by atoms with van der Waals surface area (Å²) in [6.45, 7) is 21.8. The van der Waals surface area contributed by atoms with E-state index >= 15 is 0 Å². The fourth-order valence-electron chi connectivity index (χ4n) is 11.0. The molecule has 0 radical (unpaired) electrons. The van der Waals surface area contributed by atoms with Crippen molar-refractivity contribution in [1.29, 1.82) is 0 Å². The highest BCUT2D eigenvalue weighted by Crippen LogP contribution is 2.88. The number of aliphatic hydroxyl groups excluding tert-OH is 1. The molecule has 5 rings (SSSR count). The van der Waals surface area contributed by atoms with E-state index in [-0.39, 0.29) is 11.5 Å². The topological polar surface area (TPSA) is 20.2 Å². The molecule has 2 spiro atoms. The van der Waals surface area contributed by atoms with Gasteiger partial charge in [0, 0.05) is 0 Å². The lowest BCUT2D eigenvalue weighted by Gasteiger charge is -2.61. The zero-order valence-corrected chi connectivity index (χ0v) is 22.4. The van der Waals surface area contributed by atoms with Crippen LogP contribution in [-0.2, 0) is 0 Å². The smallest absolute Gasteiger partial charge is 0.0594 e. The Kier molecular flexibility index (Phi) is 5.21. The van der Waals surface area contributed by atoms with E-state index in [1.165, 1.54) is 69.8 Å². The zero-order valence-electron chi connectivity index (χ0n) is 22.4. The van der Waals surface area contributed by atoms with Gasteiger partial charge in [-0.1, -0.05) is 60.6 Å². The lowest BCUT2D eigenvalue weighted by Crippen LogP contribution is -2.55. The standard InChI is InChI=1S/C31H52O/c1-20(2)21(3)9-10-22(4)24-13-15-28(7)17-23-11-12-25-27(5,6)26(32)14-16-30(25)19-31(23,30)18-29(24,28)8/h20,22-26,32H,3,9-19H2,1-2,4-8H3. The van der Waals surface area contributed by atoms with E-state index in [1.807, 2.05) is 0 Å². The van der Waals surface area contributed by atoms with E-state index in [1.54, 1.807) is 0 Å². The Morgan fingerprint density at radius 3 is 2.34 bits per heavy atom. The maximum absolute atomic E-state index is 10.9. The van der Waals surface area contributed by atoms with Gasteiger partial charge in [0.25, 0.3) is 0 Å². The SMILES string of the molecule is C=C(CCC(C)C1CCC2(C)CC3CCC4C(C)(C)C(O)CCC45CC35CC12C)C(C)C. The van der Waals surface area contributed by atoms with Gasteiger partial charge in [0.1, 0.15) is 0 Å². The predicted molar refractivity (Wildman–Crippen MR) is 135 cm³/mol. The Bertz CT molecular complexity index is 779. The first-order valence-electron chi connectivity index (χ1n) is 14.2. The van der Waals surface area contributed by atoms with Crippen molar-refractivity contribution in [2.75, 3.05) is 0 Å². The second-order valence-corrected chi connectivity index (χ2v) is 15.0. The molecule has 5 saturated carbocycles. The first-order chi connectivity index (χ1) is 14.8. The largest absolute Gasteiger partial charge is 0.393 e. The van der Waals surface area contributed by atoms with Gasteiger partial charge >= 0.3 is 0 Å². The van der Waals surface area contributed by atoms with E-state index in [4.69, 9.17) is 0 Å². The van der Waals surface area contributed by atoms with E-state index in [9.17, 15) is 5.11 Å². The second-order valence-electron chi connectivity index (χ2n) is 15.0. The minimum atomic E-state index is -0.0925. The molecule has 5 aliphatic carbocycles. The number of aliphatic hydroxyl groups is 1. The van der Waals surface area contributed by atoms with Crippen molar-refractivity contribution in [2.24, 2.45) is 56.7 Å². The third-order valence-electron chi connectivity index (χ3n) is 13.4. The molecule has 1 heteroatoms. The molecule has 0 aliphatic heterocycles. The molecule has 1 N–H and O–H groups in total. The van der Waals surface area contributed by atoms with Crippen molar-refractivity contribution < 1.29 is 5.11 Å². The molecule has 0 amide bonds. The van der Waals surface area contributed by atoms with Gasteiger partial charge in [-0.2, -0.15) is 0 Å². The number of hydrogen-bond donors (Lipinski definition) is 1. The van der Waals surface area contributed by atoms with Crippen molar-refractivity contribution >= 4 is 0 Å². The quantitative estimate of drug-likeness (QED) is 0.425. The van der Waals surface area contributed by atoms with Crippen LogP contribution in [0.4, 0.5) is 0 Å². The van der Waals surface area contributed by atoms with Crippen molar-refractivity contribution in [1.82, 2.24) is 0 Å². The van der Waals surface area contributed by atoms with Gasteiger partial charge in [-0.05, 0) is 127 Å². The molecule has 0 aromatic heterocycles. The molecule has 182 valence electrons. The third-order valence-corrected chi connectivity index (χ3v) is 13.4. The van der Waals surface area contributed by atoms with Crippen LogP contribution >= 0.6 is 0 Å². The van der Waals surface area contributed by atoms with Gasteiger partial charge in [-0.3, -0.25) is 0 Å². The molecular formula is C31H52O. The average molecular weight is 441 g/mol. The van der Waals surface area contributed by atoms with Crippen molar-refractivity contribution in [3.05, 3.63) is 12.2 Å². The second kappa shape index (κ2) is 7.11. The molecule has 0 saturated heterocycles. The van der Waals surface area contributed by atoms with Crippen LogP contribution in [0.15, 0.2) is 12.2 Å². The minimum Gasteiger partial charge on any atom is -0.393 e. The van der Waals surface area contributed by atoms with Gasteiger partial charge in [-0.25, -0.2) is 0 Å². The van der Waals surface area contributed by atoms with E-state index in [0.717, 1.165) is 30.1 Å². The molecule has 9 unspecified atom stereocenters. The first-order valence-corrected chi connectivity index (χ1v) is 14.2. The molecule has 1 nitrogen and oxygen atoms in total. The molecule has 5 fully saturated rings. The van der Waals surface area contributed by atoms with Crippen LogP contribution in [0.1, 0.15) is 119 Å². The minimum absolute atomic E-state index is 0.0925. The Hall–Kier alpha value is -0.300. The lowest BCUT2D eigenvalue weighted by atomic mass is 9.43. The molecule has 9 atom stereocenters. The maximum Gasteiger partial charge on any atom is 0.0594 e. The van der Waals surface area contributed by atoms with Crippen molar-refractivity contribution in [2.45, 2.75) is 125 Å². The van der Waals surface area contributed by atoms with E-state index in [2.05, 4.69) is 55.0 Å². The summed E-state index contributed by atoms with van der Waals surface area (Å²) in [5.41, 5.74) is 3.75. The summed E-state index contributed by atoms with van der Waals surface area (Å²) in [4.78, 5) is 0. The van der Waals surface area contributed by atoms with Crippen LogP contribution in [0.5, 0.6) is 0 Å². The number of rotatable bonds is 5. The number of fused-ring (bicyclic) bond motifs is 1. The Morgan fingerprint density at radius 2 is 1.66 bits per heavy atom. The first kappa shape index (κ1) is 23.4. The van der Waals surface area contributed by atoms with Crippen LogP contribution < -0.4 is 0 Å². The Labute approximate surface area is 199 Å². The van der Waals surface area contributed by atoms with E-state index < -0.39 is 0 Å². The fourth-order valence-corrected chi connectivity index (χ4v) is 11.0. The molecule has 0 bridgehead atoms. The molecular weight excluding hydrogens is 388 g/mol. The maximum atomic E-state index is 10.9. The van der Waals surface area contributed by atoms with Crippen LogP contribution in [0.3, 0.4) is 0 Å². The summed E-state index contributed by atoms with van der Waals surface area (Å²) >= 11 is 0. The summed E-state index contributed by atoms with van der Waals surface area (Å²) < 4.78 is 0. The van der Waals surface area contributed by atoms with Crippen LogP contribution in [0.2, 0.25) is 0 Å². The van der Waals surface area contributed by atoms with Crippen molar-refractivity contribution in [3.8, 4) is 0 Å². The average Bonchev–Trinajstić information content (AvgIpc) is 3.28. The predicted octanol–water partition coefficient (Wildman–Crippen LogP) is 8.41. The number of hydrogen-bond acceptors (Lipinski definition) is 1. The molecule has 0 aromatic rings. The highest BCUT2D eigenvalue weighted by molar-refractivity contribution is 5.29. The summed E-state index contributed by atoms with van der Waals surface area (Å²) in [7, 11) is 0. The molecule has 32 heavy (non-hydrogen) atoms. The van der Waals surface area contributed by atoms with Gasteiger partial charge in [0.2, 0.25) is 0 Å². The monoisotopic (exact) mass is 440 g/mol. The fraction of sp³-hybridized carbons (Fsp3) is 0.935. The summed E-state index contributed by atoms with van der Waals surface area (Å²) in [6.07, 6.45) is 15.0. The summed E-state index contributed by atoms with van der Waals surface area (Å²) in [5, 5.41) is 10.9. The van der Waals surface area contributed by atoms with Crippen LogP contribution in [0, 0.1) is 56.7 Å². The normalized spacial score (nSPS) is 51.9. The lowest BCUT2D eigenvalue weighted by molar-refractivity contribution is -0.147. The summed E-state index contributed by atoms with van der Waals surface area (Å²) in [5.74, 6) is 4.01. The third kappa shape index (κ3) is 2.85. The van der Waals surface area contributed by atoms with E-state index in [0.29, 0.717) is 27.6 Å². The van der Waals surface area contributed by atoms with Crippen LogP contribution in [-0.4, -0.2) is 11.2 Å². The Balaban J connectivity index is 1.41. The van der Waals surface area contributed by atoms with Gasteiger partial charge < -0.3 is 5.11 Å². The highest BCUT2D eigenvalue weighted by Gasteiger charge is 2.81. The van der Waals surface area contributed by atoms with Crippen LogP contribution in [0.25, 0.3) is 0 Å². The zero-order chi connectivity index (χ0) is 23.3. The van der Waals surface area contributed by atoms with Crippen molar-refractivity contribution in [3.63, 3.8) is 0 Å². The molecule has 0 aromatic carbocycles. The van der Waals surface area contributed by atoms with Gasteiger partial charge in [-0.15, -0.1) is 0 Å². The van der Waals surface area contributed by atoms with Gasteiger partial charge in [0.15, 0.2) is 0 Å². The molecule has 0 heterocycles. The van der Waals surface area contributed by atoms with Gasteiger partial charge in [0.05, 0.1) is 6.10 Å². The highest BCUT2D eigenvalue weighted by atomic mass is 16.3.